The van der Waals surface area contributed by atoms with E-state index in [4.69, 9.17) is 10.5 Å². The lowest BCUT2D eigenvalue weighted by Crippen LogP contribution is -2.34. The average Bonchev–Trinajstić information content (AvgIpc) is 2.47. The van der Waals surface area contributed by atoms with Gasteiger partial charge in [0, 0.05) is 24.0 Å². The zero-order valence-corrected chi connectivity index (χ0v) is 11.5. The summed E-state index contributed by atoms with van der Waals surface area (Å²) < 4.78 is 55.0. The summed E-state index contributed by atoms with van der Waals surface area (Å²) in [6.07, 6.45) is -3.37. The number of nitrogen functional groups attached to an aromatic ring is 1. The van der Waals surface area contributed by atoms with E-state index >= 15 is 0 Å². The van der Waals surface area contributed by atoms with Crippen LogP contribution in [0.25, 0.3) is 0 Å². The zero-order valence-electron chi connectivity index (χ0n) is 11.5. The van der Waals surface area contributed by atoms with E-state index in [1.807, 2.05) is 0 Å². The molecule has 3 N–H and O–H groups in total. The highest BCUT2D eigenvalue weighted by Gasteiger charge is 2.28. The molecule has 0 spiro atoms. The van der Waals surface area contributed by atoms with E-state index in [2.05, 4.69) is 4.98 Å². The van der Waals surface area contributed by atoms with Crippen LogP contribution in [0.3, 0.4) is 0 Å². The van der Waals surface area contributed by atoms with E-state index < -0.39 is 24.4 Å². The number of halogens is 4. The fraction of sp³-hybridized carbons (Fsp3) is 0.143. The molecule has 1 aromatic heterocycles. The SMILES string of the molecule is Nc1ccc(Oc2ccnc(C(=O)NCC(F)(F)F)c2)c(F)c1. The number of amides is 1. The van der Waals surface area contributed by atoms with Crippen molar-refractivity contribution in [1.82, 2.24) is 10.3 Å². The van der Waals surface area contributed by atoms with Crippen molar-refractivity contribution in [2.45, 2.75) is 6.18 Å². The van der Waals surface area contributed by atoms with Crippen LogP contribution < -0.4 is 15.8 Å². The van der Waals surface area contributed by atoms with E-state index in [1.54, 1.807) is 5.32 Å². The molecule has 122 valence electrons. The number of benzene rings is 1. The summed E-state index contributed by atoms with van der Waals surface area (Å²) >= 11 is 0. The van der Waals surface area contributed by atoms with E-state index in [9.17, 15) is 22.4 Å². The third-order valence-corrected chi connectivity index (χ3v) is 2.60. The number of nitrogens with zero attached hydrogens (tertiary/aromatic N) is 1. The Morgan fingerprint density at radius 2 is 2.00 bits per heavy atom. The van der Waals surface area contributed by atoms with Crippen molar-refractivity contribution in [3.63, 3.8) is 0 Å². The number of carbonyl (C=O) groups is 1. The first-order valence-electron chi connectivity index (χ1n) is 6.28. The Morgan fingerprint density at radius 1 is 1.26 bits per heavy atom. The Kier molecular flexibility index (Phi) is 4.68. The molecular weight excluding hydrogens is 318 g/mol. The highest BCUT2D eigenvalue weighted by molar-refractivity contribution is 5.92. The van der Waals surface area contributed by atoms with Gasteiger partial charge in [-0.05, 0) is 18.2 Å². The number of aromatic nitrogens is 1. The lowest BCUT2D eigenvalue weighted by atomic mass is 10.3. The Labute approximate surface area is 128 Å². The minimum absolute atomic E-state index is 0.0424. The molecule has 2 rings (SSSR count). The highest BCUT2D eigenvalue weighted by atomic mass is 19.4. The first-order valence-corrected chi connectivity index (χ1v) is 6.28. The van der Waals surface area contributed by atoms with Crippen molar-refractivity contribution in [3.05, 3.63) is 48.0 Å². The number of pyridine rings is 1. The lowest BCUT2D eigenvalue weighted by molar-refractivity contribution is -0.123. The number of carbonyl (C=O) groups excluding carboxylic acids is 1. The van der Waals surface area contributed by atoms with Crippen LogP contribution in [0, 0.1) is 5.82 Å². The standard InChI is InChI=1S/C14H11F4N3O2/c15-10-5-8(19)1-2-12(10)23-9-3-4-20-11(6-9)13(22)21-7-14(16,17)18/h1-6H,7,19H2,(H,21,22). The molecule has 1 heterocycles. The molecule has 0 unspecified atom stereocenters. The summed E-state index contributed by atoms with van der Waals surface area (Å²) in [5.41, 5.74) is 5.32. The maximum Gasteiger partial charge on any atom is 0.405 e. The fourth-order valence-electron chi connectivity index (χ4n) is 1.60. The number of hydrogen-bond acceptors (Lipinski definition) is 4. The van der Waals surface area contributed by atoms with Gasteiger partial charge in [0.25, 0.3) is 5.91 Å². The van der Waals surface area contributed by atoms with Crippen LogP contribution in [0.2, 0.25) is 0 Å². The molecule has 0 bridgehead atoms. The lowest BCUT2D eigenvalue weighted by Gasteiger charge is -2.10. The van der Waals surface area contributed by atoms with Crippen LogP contribution in [-0.2, 0) is 0 Å². The Balaban J connectivity index is 2.12. The Bertz CT molecular complexity index is 719. The van der Waals surface area contributed by atoms with Gasteiger partial charge in [0.15, 0.2) is 11.6 Å². The third kappa shape index (κ3) is 4.83. The summed E-state index contributed by atoms with van der Waals surface area (Å²) in [6.45, 7) is -1.48. The molecule has 23 heavy (non-hydrogen) atoms. The Morgan fingerprint density at radius 3 is 2.65 bits per heavy atom. The van der Waals surface area contributed by atoms with Gasteiger partial charge in [0.2, 0.25) is 0 Å². The van der Waals surface area contributed by atoms with Crippen LogP contribution in [-0.4, -0.2) is 23.6 Å². The van der Waals surface area contributed by atoms with Crippen LogP contribution >= 0.6 is 0 Å². The topological polar surface area (TPSA) is 77.2 Å². The second-order valence-corrected chi connectivity index (χ2v) is 4.47. The minimum Gasteiger partial charge on any atom is -0.454 e. The number of alkyl halides is 3. The molecule has 1 amide bonds. The summed E-state index contributed by atoms with van der Waals surface area (Å²) in [4.78, 5) is 15.2. The molecular formula is C14H11F4N3O2. The van der Waals surface area contributed by atoms with Crippen molar-refractivity contribution in [2.24, 2.45) is 0 Å². The molecule has 0 saturated heterocycles. The molecule has 9 heteroatoms. The largest absolute Gasteiger partial charge is 0.454 e. The normalized spacial score (nSPS) is 11.1. The Hall–Kier alpha value is -2.84. The third-order valence-electron chi connectivity index (χ3n) is 2.60. The van der Waals surface area contributed by atoms with Gasteiger partial charge < -0.3 is 15.8 Å². The van der Waals surface area contributed by atoms with Crippen LogP contribution in [0.1, 0.15) is 10.5 Å². The van der Waals surface area contributed by atoms with Gasteiger partial charge in [0.05, 0.1) is 0 Å². The van der Waals surface area contributed by atoms with Gasteiger partial charge >= 0.3 is 6.18 Å². The maximum atomic E-state index is 13.6. The second kappa shape index (κ2) is 6.51. The fourth-order valence-corrected chi connectivity index (χ4v) is 1.60. The number of nitrogens with one attached hydrogen (secondary N) is 1. The van der Waals surface area contributed by atoms with Gasteiger partial charge in [-0.3, -0.25) is 9.78 Å². The molecule has 0 fully saturated rings. The molecule has 1 aromatic carbocycles. The monoisotopic (exact) mass is 329 g/mol. The van der Waals surface area contributed by atoms with Crippen molar-refractivity contribution < 1.29 is 27.1 Å². The molecule has 0 aliphatic rings. The quantitative estimate of drug-likeness (QED) is 0.668. The van der Waals surface area contributed by atoms with E-state index in [0.717, 1.165) is 18.3 Å². The van der Waals surface area contributed by atoms with Gasteiger partial charge in [-0.15, -0.1) is 0 Å². The van der Waals surface area contributed by atoms with Crippen molar-refractivity contribution in [1.29, 1.82) is 0 Å². The maximum absolute atomic E-state index is 13.6. The van der Waals surface area contributed by atoms with Crippen molar-refractivity contribution in [3.8, 4) is 11.5 Å². The van der Waals surface area contributed by atoms with E-state index in [1.165, 1.54) is 18.2 Å². The van der Waals surface area contributed by atoms with Gasteiger partial charge in [-0.2, -0.15) is 13.2 Å². The van der Waals surface area contributed by atoms with Crippen LogP contribution in [0.4, 0.5) is 23.2 Å². The number of ether oxygens (including phenoxy) is 1. The highest BCUT2D eigenvalue weighted by Crippen LogP contribution is 2.26. The van der Waals surface area contributed by atoms with Crippen LogP contribution in [0.5, 0.6) is 11.5 Å². The summed E-state index contributed by atoms with van der Waals surface area (Å²) in [5.74, 6) is -1.84. The van der Waals surface area contributed by atoms with Crippen molar-refractivity contribution in [2.75, 3.05) is 12.3 Å². The molecule has 5 nitrogen and oxygen atoms in total. The first-order chi connectivity index (χ1) is 10.7. The number of nitrogens with two attached hydrogens (primary N) is 1. The minimum atomic E-state index is -4.53. The van der Waals surface area contributed by atoms with E-state index in [-0.39, 0.29) is 22.9 Å². The zero-order chi connectivity index (χ0) is 17.0. The predicted molar refractivity (Wildman–Crippen MR) is 73.5 cm³/mol. The van der Waals surface area contributed by atoms with Gasteiger partial charge in [-0.25, -0.2) is 4.39 Å². The van der Waals surface area contributed by atoms with Crippen molar-refractivity contribution >= 4 is 11.6 Å². The molecule has 0 saturated carbocycles. The first kappa shape index (κ1) is 16.5. The van der Waals surface area contributed by atoms with Gasteiger partial charge in [0.1, 0.15) is 18.0 Å². The van der Waals surface area contributed by atoms with Crippen LogP contribution in [0.15, 0.2) is 36.5 Å². The predicted octanol–water partition coefficient (Wildman–Crippen LogP) is 2.89. The van der Waals surface area contributed by atoms with Gasteiger partial charge in [-0.1, -0.05) is 0 Å². The molecule has 0 aliphatic carbocycles. The summed E-state index contributed by atoms with van der Waals surface area (Å²) in [5, 5.41) is 1.68. The number of rotatable bonds is 4. The van der Waals surface area contributed by atoms with E-state index in [0.29, 0.717) is 0 Å². The summed E-state index contributed by atoms with van der Waals surface area (Å²) in [6, 6.07) is 6.18. The number of hydrogen-bond donors (Lipinski definition) is 2. The molecule has 0 radical (unpaired) electrons. The molecule has 0 atom stereocenters. The summed E-state index contributed by atoms with van der Waals surface area (Å²) in [7, 11) is 0. The number of anilines is 1. The average molecular weight is 329 g/mol. The molecule has 0 aliphatic heterocycles. The molecule has 2 aromatic rings. The second-order valence-electron chi connectivity index (χ2n) is 4.47. The smallest absolute Gasteiger partial charge is 0.405 e.